The molecule has 23 heavy (non-hydrogen) atoms. The van der Waals surface area contributed by atoms with Crippen LogP contribution in [-0.2, 0) is 15.9 Å². The van der Waals surface area contributed by atoms with E-state index in [0.717, 1.165) is 11.2 Å². The van der Waals surface area contributed by atoms with Gasteiger partial charge < -0.3 is 9.31 Å². The number of nitrogens with zero attached hydrogens (tertiary/aromatic N) is 2. The molecule has 0 saturated carbocycles. The first kappa shape index (κ1) is 16.2. The molecular formula is C17H22BFN2O2. The van der Waals surface area contributed by atoms with Crippen molar-refractivity contribution >= 4 is 12.6 Å². The van der Waals surface area contributed by atoms with Gasteiger partial charge >= 0.3 is 7.12 Å². The lowest BCUT2D eigenvalue weighted by molar-refractivity contribution is 0.00578. The summed E-state index contributed by atoms with van der Waals surface area (Å²) in [4.78, 5) is 0. The van der Waals surface area contributed by atoms with E-state index >= 15 is 0 Å². The molecule has 0 amide bonds. The van der Waals surface area contributed by atoms with Crippen LogP contribution >= 0.6 is 0 Å². The van der Waals surface area contributed by atoms with Crippen molar-refractivity contribution in [3.8, 4) is 0 Å². The van der Waals surface area contributed by atoms with Crippen LogP contribution in [-0.4, -0.2) is 28.1 Å². The minimum Gasteiger partial charge on any atom is -0.399 e. The Morgan fingerprint density at radius 1 is 1.13 bits per heavy atom. The molecule has 1 aromatic carbocycles. The Balaban J connectivity index is 1.85. The van der Waals surface area contributed by atoms with Gasteiger partial charge in [-0.25, -0.2) is 4.39 Å². The van der Waals surface area contributed by atoms with Gasteiger partial charge in [-0.1, -0.05) is 18.2 Å². The highest BCUT2D eigenvalue weighted by Crippen LogP contribution is 2.36. The van der Waals surface area contributed by atoms with Crippen molar-refractivity contribution in [3.05, 3.63) is 47.5 Å². The zero-order valence-electron chi connectivity index (χ0n) is 14.3. The van der Waals surface area contributed by atoms with Crippen molar-refractivity contribution in [1.29, 1.82) is 0 Å². The highest BCUT2D eigenvalue weighted by Gasteiger charge is 2.52. The first-order valence-corrected chi connectivity index (χ1v) is 7.82. The molecule has 4 nitrogen and oxygen atoms in total. The van der Waals surface area contributed by atoms with Gasteiger partial charge in [0, 0.05) is 22.9 Å². The van der Waals surface area contributed by atoms with Gasteiger partial charge in [0.25, 0.3) is 0 Å². The van der Waals surface area contributed by atoms with Crippen LogP contribution < -0.4 is 5.46 Å². The van der Waals surface area contributed by atoms with Crippen LogP contribution in [0.5, 0.6) is 0 Å². The number of rotatable bonds is 3. The molecule has 1 aliphatic rings. The molecule has 0 radical (unpaired) electrons. The lowest BCUT2D eigenvalue weighted by atomic mass is 9.79. The van der Waals surface area contributed by atoms with Crippen molar-refractivity contribution in [2.45, 2.75) is 52.4 Å². The summed E-state index contributed by atoms with van der Waals surface area (Å²) in [7, 11) is -0.450. The molecule has 0 bridgehead atoms. The highest BCUT2D eigenvalue weighted by molar-refractivity contribution is 6.62. The van der Waals surface area contributed by atoms with E-state index in [1.165, 1.54) is 6.07 Å². The number of benzene rings is 1. The summed E-state index contributed by atoms with van der Waals surface area (Å²) in [6.07, 6.45) is 1.75. The monoisotopic (exact) mass is 316 g/mol. The van der Waals surface area contributed by atoms with Crippen LogP contribution in [0.3, 0.4) is 0 Å². The summed E-state index contributed by atoms with van der Waals surface area (Å²) >= 11 is 0. The highest BCUT2D eigenvalue weighted by atomic mass is 19.1. The summed E-state index contributed by atoms with van der Waals surface area (Å²) < 4.78 is 27.7. The van der Waals surface area contributed by atoms with E-state index < -0.39 is 18.3 Å². The minimum absolute atomic E-state index is 0.223. The van der Waals surface area contributed by atoms with Gasteiger partial charge in [0.1, 0.15) is 5.82 Å². The second-order valence-corrected chi connectivity index (χ2v) is 7.02. The van der Waals surface area contributed by atoms with E-state index in [0.29, 0.717) is 12.1 Å². The lowest BCUT2D eigenvalue weighted by Gasteiger charge is -2.32. The summed E-state index contributed by atoms with van der Waals surface area (Å²) in [5.41, 5.74) is 1.64. The summed E-state index contributed by atoms with van der Waals surface area (Å²) in [5, 5.41) is 4.38. The molecule has 0 spiro atoms. The van der Waals surface area contributed by atoms with E-state index in [1.807, 2.05) is 40.7 Å². The summed E-state index contributed by atoms with van der Waals surface area (Å²) in [5.74, 6) is -0.223. The van der Waals surface area contributed by atoms with Crippen LogP contribution in [0.15, 0.2) is 30.5 Å². The zero-order valence-corrected chi connectivity index (χ0v) is 14.3. The molecule has 1 aliphatic heterocycles. The molecule has 122 valence electrons. The van der Waals surface area contributed by atoms with Gasteiger partial charge in [-0.3, -0.25) is 4.68 Å². The SMILES string of the molecule is Cc1c(B2OC(C)(C)C(C)(C)O2)cnn1Cc1ccccc1F. The Kier molecular flexibility index (Phi) is 3.85. The third-order valence-corrected chi connectivity index (χ3v) is 4.93. The molecular weight excluding hydrogens is 294 g/mol. The molecule has 0 N–H and O–H groups in total. The molecule has 0 atom stereocenters. The van der Waals surface area contributed by atoms with Gasteiger partial charge in [0.05, 0.1) is 17.7 Å². The standard InChI is InChI=1S/C17H22BFN2O2/c1-12-14(18-22-16(2,3)17(4,5)23-18)10-20-21(12)11-13-8-6-7-9-15(13)19/h6-10H,11H2,1-5H3. The van der Waals surface area contributed by atoms with Gasteiger partial charge in [-0.2, -0.15) is 5.10 Å². The Morgan fingerprint density at radius 2 is 1.74 bits per heavy atom. The van der Waals surface area contributed by atoms with Crippen molar-refractivity contribution in [2.75, 3.05) is 0 Å². The second-order valence-electron chi connectivity index (χ2n) is 7.02. The maximum absolute atomic E-state index is 13.8. The Morgan fingerprint density at radius 3 is 2.35 bits per heavy atom. The first-order valence-electron chi connectivity index (χ1n) is 7.82. The largest absolute Gasteiger partial charge is 0.498 e. The summed E-state index contributed by atoms with van der Waals surface area (Å²) in [6.45, 7) is 10.4. The molecule has 2 aromatic rings. The van der Waals surface area contributed by atoms with E-state index in [4.69, 9.17) is 9.31 Å². The topological polar surface area (TPSA) is 36.3 Å². The smallest absolute Gasteiger partial charge is 0.399 e. The number of hydrogen-bond donors (Lipinski definition) is 0. The average molecular weight is 316 g/mol. The molecule has 2 heterocycles. The molecule has 1 fully saturated rings. The summed E-state index contributed by atoms with van der Waals surface area (Å²) in [6, 6.07) is 6.74. The molecule has 0 aliphatic carbocycles. The van der Waals surface area contributed by atoms with Crippen LogP contribution in [0.1, 0.15) is 39.0 Å². The van der Waals surface area contributed by atoms with Crippen LogP contribution in [0.2, 0.25) is 0 Å². The lowest BCUT2D eigenvalue weighted by Crippen LogP contribution is -2.41. The van der Waals surface area contributed by atoms with Gasteiger partial charge in [0.15, 0.2) is 0 Å². The van der Waals surface area contributed by atoms with Crippen LogP contribution in [0.25, 0.3) is 0 Å². The van der Waals surface area contributed by atoms with Gasteiger partial charge in [-0.15, -0.1) is 0 Å². The predicted octanol–water partition coefficient (Wildman–Crippen LogP) is 2.68. The number of halogens is 1. The van der Waals surface area contributed by atoms with Crippen molar-refractivity contribution in [3.63, 3.8) is 0 Å². The fraction of sp³-hybridized carbons (Fsp3) is 0.471. The molecule has 1 aromatic heterocycles. The Labute approximate surface area is 136 Å². The Bertz CT molecular complexity index is 711. The normalized spacial score (nSPS) is 19.3. The quantitative estimate of drug-likeness (QED) is 0.817. The second kappa shape index (κ2) is 5.46. The fourth-order valence-electron chi connectivity index (χ4n) is 2.61. The van der Waals surface area contributed by atoms with Crippen LogP contribution in [0.4, 0.5) is 4.39 Å². The van der Waals surface area contributed by atoms with Gasteiger partial charge in [-0.05, 0) is 40.7 Å². The first-order chi connectivity index (χ1) is 10.7. The van der Waals surface area contributed by atoms with Crippen LogP contribution in [0, 0.1) is 12.7 Å². The van der Waals surface area contributed by atoms with E-state index in [2.05, 4.69) is 5.10 Å². The minimum atomic E-state index is -0.450. The Hall–Kier alpha value is -1.66. The number of hydrogen-bond acceptors (Lipinski definition) is 3. The van der Waals surface area contributed by atoms with E-state index in [1.54, 1.807) is 23.0 Å². The fourth-order valence-corrected chi connectivity index (χ4v) is 2.61. The molecule has 0 unspecified atom stereocenters. The van der Waals surface area contributed by atoms with E-state index in [-0.39, 0.29) is 5.82 Å². The predicted molar refractivity (Wildman–Crippen MR) is 88.2 cm³/mol. The molecule has 3 rings (SSSR count). The van der Waals surface area contributed by atoms with Crippen molar-refractivity contribution < 1.29 is 13.7 Å². The maximum atomic E-state index is 13.8. The zero-order chi connectivity index (χ0) is 16.8. The van der Waals surface area contributed by atoms with Crippen molar-refractivity contribution in [2.24, 2.45) is 0 Å². The maximum Gasteiger partial charge on any atom is 0.498 e. The number of aromatic nitrogens is 2. The third-order valence-electron chi connectivity index (χ3n) is 4.93. The van der Waals surface area contributed by atoms with Crippen molar-refractivity contribution in [1.82, 2.24) is 9.78 Å². The molecule has 1 saturated heterocycles. The van der Waals surface area contributed by atoms with Gasteiger partial charge in [0.2, 0.25) is 0 Å². The average Bonchev–Trinajstić information content (AvgIpc) is 2.91. The third kappa shape index (κ3) is 2.81. The van der Waals surface area contributed by atoms with E-state index in [9.17, 15) is 4.39 Å². The molecule has 6 heteroatoms.